The van der Waals surface area contributed by atoms with Gasteiger partial charge in [0.15, 0.2) is 0 Å². The molecule has 0 aromatic carbocycles. The van der Waals surface area contributed by atoms with Crippen LogP contribution in [0.3, 0.4) is 0 Å². The lowest BCUT2D eigenvalue weighted by Crippen LogP contribution is -2.36. The van der Waals surface area contributed by atoms with E-state index in [9.17, 15) is 9.59 Å². The first-order chi connectivity index (χ1) is 9.49. The number of hydrogen-bond donors (Lipinski definition) is 0. The molecule has 2 heterocycles. The van der Waals surface area contributed by atoms with Crippen molar-refractivity contribution >= 4 is 35.0 Å². The van der Waals surface area contributed by atoms with Crippen LogP contribution < -0.4 is 0 Å². The first kappa shape index (κ1) is 15.1. The summed E-state index contributed by atoms with van der Waals surface area (Å²) in [5.41, 5.74) is 0.413. The minimum Gasteiger partial charge on any atom is -0.341 e. The van der Waals surface area contributed by atoms with Crippen molar-refractivity contribution in [1.29, 1.82) is 0 Å². The first-order valence-corrected chi connectivity index (χ1v) is 7.10. The third kappa shape index (κ3) is 3.41. The highest BCUT2D eigenvalue weighted by Crippen LogP contribution is 2.20. The smallest absolute Gasteiger partial charge is 0.255 e. The lowest BCUT2D eigenvalue weighted by atomic mass is 10.2. The van der Waals surface area contributed by atoms with Gasteiger partial charge >= 0.3 is 0 Å². The van der Waals surface area contributed by atoms with E-state index in [0.29, 0.717) is 31.7 Å². The van der Waals surface area contributed by atoms with Gasteiger partial charge in [0.2, 0.25) is 5.91 Å². The van der Waals surface area contributed by atoms with Gasteiger partial charge in [0.05, 0.1) is 10.6 Å². The molecule has 0 spiro atoms. The number of pyridine rings is 1. The number of hydrogen-bond acceptors (Lipinski definition) is 3. The number of aromatic nitrogens is 1. The molecule has 0 radical (unpaired) electrons. The van der Waals surface area contributed by atoms with Gasteiger partial charge in [-0.25, -0.2) is 4.98 Å². The van der Waals surface area contributed by atoms with Crippen LogP contribution in [0.1, 0.15) is 23.7 Å². The fourth-order valence-corrected chi connectivity index (χ4v) is 2.43. The molecule has 108 valence electrons. The molecule has 1 aliphatic heterocycles. The summed E-state index contributed by atoms with van der Waals surface area (Å²) in [5.74, 6) is -0.100. The van der Waals surface area contributed by atoms with Crippen LogP contribution in [-0.2, 0) is 4.79 Å². The summed E-state index contributed by atoms with van der Waals surface area (Å²) in [6, 6.07) is 1.52. The molecule has 1 saturated heterocycles. The standard InChI is InChI=1S/C13H15Cl2N3O2/c1-9(19)17-3-2-4-18(6-5-17)13(20)10-7-11(14)12(15)16-8-10/h7-8H,2-6H2,1H3. The van der Waals surface area contributed by atoms with Crippen molar-refractivity contribution in [3.8, 4) is 0 Å². The van der Waals surface area contributed by atoms with Gasteiger partial charge in [0.1, 0.15) is 5.15 Å². The Kier molecular flexibility index (Phi) is 4.83. The number of rotatable bonds is 1. The van der Waals surface area contributed by atoms with Crippen LogP contribution in [0.2, 0.25) is 10.2 Å². The molecule has 0 unspecified atom stereocenters. The maximum atomic E-state index is 12.4. The maximum Gasteiger partial charge on any atom is 0.255 e. The highest BCUT2D eigenvalue weighted by atomic mass is 35.5. The largest absolute Gasteiger partial charge is 0.341 e. The monoisotopic (exact) mass is 315 g/mol. The predicted octanol–water partition coefficient (Wildman–Crippen LogP) is 2.08. The number of halogens is 2. The second kappa shape index (κ2) is 6.41. The quantitative estimate of drug-likeness (QED) is 0.746. The van der Waals surface area contributed by atoms with Crippen molar-refractivity contribution in [3.05, 3.63) is 28.0 Å². The third-order valence-electron chi connectivity index (χ3n) is 3.27. The molecule has 2 amide bonds. The van der Waals surface area contributed by atoms with Gasteiger partial charge in [0.25, 0.3) is 5.91 Å². The van der Waals surface area contributed by atoms with E-state index in [0.717, 1.165) is 6.42 Å². The molecule has 0 bridgehead atoms. The summed E-state index contributed by atoms with van der Waals surface area (Å²) in [7, 11) is 0. The van der Waals surface area contributed by atoms with Crippen LogP contribution >= 0.6 is 23.2 Å². The van der Waals surface area contributed by atoms with E-state index in [-0.39, 0.29) is 22.0 Å². The molecule has 1 fully saturated rings. The van der Waals surface area contributed by atoms with Gasteiger partial charge in [0, 0.05) is 39.3 Å². The zero-order chi connectivity index (χ0) is 14.7. The molecule has 2 rings (SSSR count). The summed E-state index contributed by atoms with van der Waals surface area (Å²) in [6.45, 7) is 3.90. The average Bonchev–Trinajstić information content (AvgIpc) is 2.67. The Morgan fingerprint density at radius 1 is 1.15 bits per heavy atom. The second-order valence-corrected chi connectivity index (χ2v) is 5.41. The van der Waals surface area contributed by atoms with Crippen molar-refractivity contribution < 1.29 is 9.59 Å². The van der Waals surface area contributed by atoms with Gasteiger partial charge < -0.3 is 9.80 Å². The highest BCUT2D eigenvalue weighted by Gasteiger charge is 2.22. The SMILES string of the molecule is CC(=O)N1CCCN(C(=O)c2cnc(Cl)c(Cl)c2)CC1. The molecular weight excluding hydrogens is 301 g/mol. The second-order valence-electron chi connectivity index (χ2n) is 4.65. The Labute approximate surface area is 127 Å². The average molecular weight is 316 g/mol. The van der Waals surface area contributed by atoms with E-state index < -0.39 is 0 Å². The number of amides is 2. The van der Waals surface area contributed by atoms with E-state index in [1.807, 2.05) is 0 Å². The van der Waals surface area contributed by atoms with Crippen LogP contribution in [0, 0.1) is 0 Å². The molecule has 7 heteroatoms. The van der Waals surface area contributed by atoms with E-state index in [1.54, 1.807) is 16.7 Å². The van der Waals surface area contributed by atoms with Crippen LogP contribution in [0.5, 0.6) is 0 Å². The Morgan fingerprint density at radius 3 is 2.45 bits per heavy atom. The Bertz CT molecular complexity index is 536. The molecule has 1 aromatic heterocycles. The summed E-state index contributed by atoms with van der Waals surface area (Å²) >= 11 is 11.6. The minimum atomic E-state index is -0.138. The first-order valence-electron chi connectivity index (χ1n) is 6.35. The van der Waals surface area contributed by atoms with Gasteiger partial charge in [-0.1, -0.05) is 23.2 Å². The third-order valence-corrected chi connectivity index (χ3v) is 3.96. The topological polar surface area (TPSA) is 53.5 Å². The summed E-state index contributed by atoms with van der Waals surface area (Å²) < 4.78 is 0. The van der Waals surface area contributed by atoms with E-state index >= 15 is 0 Å². The van der Waals surface area contributed by atoms with Crippen LogP contribution in [-0.4, -0.2) is 52.8 Å². The van der Waals surface area contributed by atoms with Crippen molar-refractivity contribution in [2.45, 2.75) is 13.3 Å². The van der Waals surface area contributed by atoms with Crippen molar-refractivity contribution in [2.75, 3.05) is 26.2 Å². The van der Waals surface area contributed by atoms with Gasteiger partial charge in [-0.3, -0.25) is 9.59 Å². The summed E-state index contributed by atoms with van der Waals surface area (Å²) in [4.78, 5) is 31.1. The molecule has 0 aliphatic carbocycles. The molecule has 0 N–H and O–H groups in total. The van der Waals surface area contributed by atoms with E-state index in [1.165, 1.54) is 12.3 Å². The Hall–Kier alpha value is -1.33. The number of carbonyl (C=O) groups excluding carboxylic acids is 2. The maximum absolute atomic E-state index is 12.4. The van der Waals surface area contributed by atoms with E-state index in [4.69, 9.17) is 23.2 Å². The van der Waals surface area contributed by atoms with Gasteiger partial charge in [-0.15, -0.1) is 0 Å². The zero-order valence-corrected chi connectivity index (χ0v) is 12.6. The summed E-state index contributed by atoms with van der Waals surface area (Å²) in [6.07, 6.45) is 2.18. The molecule has 0 saturated carbocycles. The van der Waals surface area contributed by atoms with Crippen molar-refractivity contribution in [2.24, 2.45) is 0 Å². The fourth-order valence-electron chi connectivity index (χ4n) is 2.16. The number of nitrogens with zero attached hydrogens (tertiary/aromatic N) is 3. The molecule has 1 aliphatic rings. The fraction of sp³-hybridized carbons (Fsp3) is 0.462. The Balaban J connectivity index is 2.09. The normalized spacial score (nSPS) is 15.9. The highest BCUT2D eigenvalue weighted by molar-refractivity contribution is 6.41. The zero-order valence-electron chi connectivity index (χ0n) is 11.1. The molecular formula is C13H15Cl2N3O2. The molecule has 1 aromatic rings. The van der Waals surface area contributed by atoms with Gasteiger partial charge in [-0.05, 0) is 12.5 Å². The number of carbonyl (C=O) groups is 2. The molecule has 0 atom stereocenters. The van der Waals surface area contributed by atoms with Crippen molar-refractivity contribution in [3.63, 3.8) is 0 Å². The van der Waals surface area contributed by atoms with Gasteiger partial charge in [-0.2, -0.15) is 0 Å². The lowest BCUT2D eigenvalue weighted by Gasteiger charge is -2.21. The van der Waals surface area contributed by atoms with Crippen LogP contribution in [0.15, 0.2) is 12.3 Å². The summed E-state index contributed by atoms with van der Waals surface area (Å²) in [5, 5.41) is 0.444. The van der Waals surface area contributed by atoms with Crippen LogP contribution in [0.4, 0.5) is 0 Å². The Morgan fingerprint density at radius 2 is 1.80 bits per heavy atom. The van der Waals surface area contributed by atoms with Crippen molar-refractivity contribution in [1.82, 2.24) is 14.8 Å². The van der Waals surface area contributed by atoms with E-state index in [2.05, 4.69) is 4.98 Å². The molecule has 5 nitrogen and oxygen atoms in total. The van der Waals surface area contributed by atoms with Crippen LogP contribution in [0.25, 0.3) is 0 Å². The minimum absolute atomic E-state index is 0.0375. The molecule has 20 heavy (non-hydrogen) atoms. The predicted molar refractivity (Wildman–Crippen MR) is 77.0 cm³/mol. The lowest BCUT2D eigenvalue weighted by molar-refractivity contribution is -0.128.